The van der Waals surface area contributed by atoms with Crippen molar-refractivity contribution in [1.29, 1.82) is 0 Å². The molecule has 1 saturated heterocycles. The lowest BCUT2D eigenvalue weighted by Gasteiger charge is -2.32. The Morgan fingerprint density at radius 2 is 2.04 bits per heavy atom. The molecule has 2 aliphatic rings. The van der Waals surface area contributed by atoms with Gasteiger partial charge in [0.1, 0.15) is 6.10 Å². The molecule has 3 heterocycles. The van der Waals surface area contributed by atoms with Crippen molar-refractivity contribution < 1.29 is 13.2 Å². The van der Waals surface area contributed by atoms with Gasteiger partial charge in [0.25, 0.3) is 10.0 Å². The molecule has 23 heavy (non-hydrogen) atoms. The van der Waals surface area contributed by atoms with Gasteiger partial charge in [-0.25, -0.2) is 0 Å². The first kappa shape index (κ1) is 14.8. The van der Waals surface area contributed by atoms with Crippen molar-refractivity contribution in [1.82, 2.24) is 0 Å². The molecule has 1 fully saturated rings. The maximum Gasteiger partial charge on any atom is 0.283 e. The summed E-state index contributed by atoms with van der Waals surface area (Å²) in [5.41, 5.74) is 2.25. The second-order valence-corrected chi connectivity index (χ2v) is 8.31. The summed E-state index contributed by atoms with van der Waals surface area (Å²) in [4.78, 5) is 1.38. The van der Waals surface area contributed by atoms with Crippen molar-refractivity contribution in [2.75, 3.05) is 6.61 Å². The van der Waals surface area contributed by atoms with E-state index in [2.05, 4.69) is 11.0 Å². The zero-order chi connectivity index (χ0) is 16.0. The number of fused-ring (bicyclic) bond motifs is 1. The zero-order valence-electron chi connectivity index (χ0n) is 12.3. The van der Waals surface area contributed by atoms with Crippen molar-refractivity contribution >= 4 is 27.1 Å². The van der Waals surface area contributed by atoms with Crippen molar-refractivity contribution in [3.05, 3.63) is 64.4 Å². The average Bonchev–Trinajstić information content (AvgIpc) is 3.15. The fourth-order valence-corrected chi connectivity index (χ4v) is 5.30. The number of sulfonamides is 1. The van der Waals surface area contributed by atoms with Crippen molar-refractivity contribution in [2.24, 2.45) is 10.3 Å². The molecule has 2 aliphatic heterocycles. The first-order valence-corrected chi connectivity index (χ1v) is 9.64. The summed E-state index contributed by atoms with van der Waals surface area (Å²) in [6, 6.07) is 11.0. The molecule has 0 aliphatic carbocycles. The van der Waals surface area contributed by atoms with Gasteiger partial charge in [-0.15, -0.1) is 11.3 Å². The Kier molecular flexibility index (Phi) is 3.48. The minimum atomic E-state index is -3.61. The van der Waals surface area contributed by atoms with E-state index >= 15 is 0 Å². The lowest BCUT2D eigenvalue weighted by molar-refractivity contribution is 0.0234. The van der Waals surface area contributed by atoms with E-state index in [1.54, 1.807) is 23.5 Å². The molecule has 118 valence electrons. The standard InChI is InChI=1S/C17H15NO3S2/c1-11-9-13(17(21-10-11)14-6-4-8-22-14)16-12-5-2-3-7-15(12)23(19,20)18-16/h2-8,13,17H,1,9-10H2/t13-,17+/m1/s1. The van der Waals surface area contributed by atoms with E-state index in [1.807, 2.05) is 29.6 Å². The second kappa shape index (κ2) is 5.40. The topological polar surface area (TPSA) is 55.7 Å². The Balaban J connectivity index is 1.83. The molecule has 1 aromatic carbocycles. The number of nitrogens with zero attached hydrogens (tertiary/aromatic N) is 1. The van der Waals surface area contributed by atoms with Crippen LogP contribution < -0.4 is 0 Å². The molecular formula is C17H15NO3S2. The third-order valence-corrected chi connectivity index (χ3v) is 6.46. The van der Waals surface area contributed by atoms with Gasteiger partial charge in [0, 0.05) is 16.4 Å². The first-order valence-electron chi connectivity index (χ1n) is 7.32. The number of ether oxygens (including phenoxy) is 1. The summed E-state index contributed by atoms with van der Waals surface area (Å²) in [7, 11) is -3.61. The van der Waals surface area contributed by atoms with E-state index in [0.717, 1.165) is 10.5 Å². The minimum Gasteiger partial charge on any atom is -0.368 e. The van der Waals surface area contributed by atoms with E-state index in [4.69, 9.17) is 4.74 Å². The summed E-state index contributed by atoms with van der Waals surface area (Å²) < 4.78 is 34.7. The van der Waals surface area contributed by atoms with Gasteiger partial charge >= 0.3 is 0 Å². The maximum absolute atomic E-state index is 12.3. The monoisotopic (exact) mass is 345 g/mol. The highest BCUT2D eigenvalue weighted by Crippen LogP contribution is 2.42. The lowest BCUT2D eigenvalue weighted by Crippen LogP contribution is -2.29. The van der Waals surface area contributed by atoms with Gasteiger partial charge in [0.15, 0.2) is 0 Å². The summed E-state index contributed by atoms with van der Waals surface area (Å²) in [6.07, 6.45) is 0.506. The number of benzene rings is 1. The first-order chi connectivity index (χ1) is 11.1. The highest BCUT2D eigenvalue weighted by atomic mass is 32.2. The molecule has 0 saturated carbocycles. The molecule has 4 rings (SSSR count). The summed E-state index contributed by atoms with van der Waals surface area (Å²) in [5.74, 6) is -0.131. The van der Waals surface area contributed by atoms with Crippen LogP contribution in [0, 0.1) is 5.92 Å². The van der Waals surface area contributed by atoms with Crippen molar-refractivity contribution in [3.8, 4) is 0 Å². The van der Waals surface area contributed by atoms with E-state index in [0.29, 0.717) is 24.3 Å². The van der Waals surface area contributed by atoms with Crippen LogP contribution in [0.1, 0.15) is 23.0 Å². The SMILES string of the molecule is C=C1CO[C@H](c2cccs2)[C@@H](C2=NS(=O)(=O)c3ccccc32)C1. The van der Waals surface area contributed by atoms with Gasteiger partial charge in [-0.2, -0.15) is 12.8 Å². The number of hydrogen-bond acceptors (Lipinski definition) is 4. The van der Waals surface area contributed by atoms with Crippen molar-refractivity contribution in [3.63, 3.8) is 0 Å². The number of hydrogen-bond donors (Lipinski definition) is 0. The lowest BCUT2D eigenvalue weighted by atomic mass is 9.84. The Hall–Kier alpha value is -1.76. The summed E-state index contributed by atoms with van der Waals surface area (Å²) >= 11 is 1.62. The Labute approximate surface area is 139 Å². The smallest absolute Gasteiger partial charge is 0.283 e. The summed E-state index contributed by atoms with van der Waals surface area (Å²) in [5, 5.41) is 2.00. The second-order valence-electron chi connectivity index (χ2n) is 5.76. The van der Waals surface area contributed by atoms with Gasteiger partial charge in [-0.1, -0.05) is 36.4 Å². The predicted octanol–water partition coefficient (Wildman–Crippen LogP) is 3.57. The Bertz CT molecular complexity index is 898. The largest absolute Gasteiger partial charge is 0.368 e. The van der Waals surface area contributed by atoms with Gasteiger partial charge in [-0.3, -0.25) is 0 Å². The molecule has 4 nitrogen and oxygen atoms in total. The highest BCUT2D eigenvalue weighted by molar-refractivity contribution is 7.90. The maximum atomic E-state index is 12.3. The van der Waals surface area contributed by atoms with Crippen LogP contribution in [0.15, 0.2) is 63.2 Å². The molecule has 0 N–H and O–H groups in total. The molecule has 0 spiro atoms. The molecule has 1 aromatic heterocycles. The molecule has 0 bridgehead atoms. The number of thiophene rings is 1. The van der Waals surface area contributed by atoms with Crippen LogP contribution in [-0.4, -0.2) is 20.7 Å². The Morgan fingerprint density at radius 3 is 2.83 bits per heavy atom. The third kappa shape index (κ3) is 2.47. The third-order valence-electron chi connectivity index (χ3n) is 4.18. The fourth-order valence-electron chi connectivity index (χ4n) is 3.17. The van der Waals surface area contributed by atoms with E-state index in [1.165, 1.54) is 0 Å². The van der Waals surface area contributed by atoms with Gasteiger partial charge in [0.2, 0.25) is 0 Å². The molecule has 0 unspecified atom stereocenters. The van der Waals surface area contributed by atoms with Crippen LogP contribution >= 0.6 is 11.3 Å². The Morgan fingerprint density at radius 1 is 1.22 bits per heavy atom. The average molecular weight is 345 g/mol. The highest BCUT2D eigenvalue weighted by Gasteiger charge is 2.39. The van der Waals surface area contributed by atoms with Gasteiger partial charge in [0.05, 0.1) is 17.2 Å². The van der Waals surface area contributed by atoms with E-state index in [9.17, 15) is 8.42 Å². The molecule has 2 atom stereocenters. The summed E-state index contributed by atoms with van der Waals surface area (Å²) in [6.45, 7) is 4.52. The van der Waals surface area contributed by atoms with Crippen LogP contribution in [0.4, 0.5) is 0 Å². The van der Waals surface area contributed by atoms with E-state index in [-0.39, 0.29) is 16.9 Å². The van der Waals surface area contributed by atoms with Crippen LogP contribution in [0.2, 0.25) is 0 Å². The zero-order valence-corrected chi connectivity index (χ0v) is 13.9. The quantitative estimate of drug-likeness (QED) is 0.782. The molecule has 6 heteroatoms. The molecular weight excluding hydrogens is 330 g/mol. The molecule has 0 amide bonds. The minimum absolute atomic E-state index is 0.131. The van der Waals surface area contributed by atoms with E-state index < -0.39 is 10.0 Å². The van der Waals surface area contributed by atoms with Crippen LogP contribution in [0.25, 0.3) is 0 Å². The van der Waals surface area contributed by atoms with Gasteiger partial charge < -0.3 is 4.74 Å². The van der Waals surface area contributed by atoms with Crippen LogP contribution in [0.3, 0.4) is 0 Å². The molecule has 0 radical (unpaired) electrons. The molecule has 2 aromatic rings. The van der Waals surface area contributed by atoms with Crippen molar-refractivity contribution in [2.45, 2.75) is 17.4 Å². The predicted molar refractivity (Wildman–Crippen MR) is 90.4 cm³/mol. The van der Waals surface area contributed by atoms with Crippen LogP contribution in [0.5, 0.6) is 0 Å². The van der Waals surface area contributed by atoms with Crippen LogP contribution in [-0.2, 0) is 14.8 Å². The number of rotatable bonds is 2. The normalized spacial score (nSPS) is 25.9. The van der Waals surface area contributed by atoms with Gasteiger partial charge in [-0.05, 0) is 23.9 Å². The fraction of sp³-hybridized carbons (Fsp3) is 0.235.